The van der Waals surface area contributed by atoms with E-state index in [1.807, 2.05) is 16.8 Å². The van der Waals surface area contributed by atoms with Gasteiger partial charge in [-0.25, -0.2) is 4.79 Å². The summed E-state index contributed by atoms with van der Waals surface area (Å²) in [5, 5.41) is 18.1. The van der Waals surface area contributed by atoms with E-state index in [2.05, 4.69) is 31.4 Å². The number of carbonyl (C=O) groups excluding carboxylic acids is 1. The maximum Gasteiger partial charge on any atom is 0.319 e. The number of rotatable bonds is 7. The smallest absolute Gasteiger partial charge is 0.319 e. The standard InChI is InChI=1S/C15H24N2O3S/c1-15(2,3)11(4-5-13(18)19)6-8-16-14(20)17-12-7-9-21-10-12/h7,9-11H,4-6,8H2,1-3H3,(H,18,19)(H2,16,17,20). The Bertz CT molecular complexity index is 452. The van der Waals surface area contributed by atoms with Crippen LogP contribution in [-0.2, 0) is 4.79 Å². The highest BCUT2D eigenvalue weighted by Gasteiger charge is 2.24. The number of anilines is 1. The minimum absolute atomic E-state index is 0.0287. The summed E-state index contributed by atoms with van der Waals surface area (Å²) in [6, 6.07) is 1.62. The number of amides is 2. The number of carboxylic acid groups (broad SMARTS) is 1. The molecule has 0 aliphatic heterocycles. The van der Waals surface area contributed by atoms with Gasteiger partial charge in [-0.1, -0.05) is 20.8 Å². The Morgan fingerprint density at radius 3 is 2.57 bits per heavy atom. The van der Waals surface area contributed by atoms with E-state index in [9.17, 15) is 9.59 Å². The average molecular weight is 312 g/mol. The summed E-state index contributed by atoms with van der Waals surface area (Å²) in [5.41, 5.74) is 0.816. The molecule has 6 heteroatoms. The molecule has 118 valence electrons. The molecule has 0 aromatic carbocycles. The molecule has 2 amide bonds. The van der Waals surface area contributed by atoms with Gasteiger partial charge in [0.05, 0.1) is 5.69 Å². The van der Waals surface area contributed by atoms with E-state index >= 15 is 0 Å². The lowest BCUT2D eigenvalue weighted by Crippen LogP contribution is -2.32. The molecule has 1 atom stereocenters. The maximum absolute atomic E-state index is 11.7. The predicted octanol–water partition coefficient (Wildman–Crippen LogP) is 3.79. The molecule has 5 nitrogen and oxygen atoms in total. The van der Waals surface area contributed by atoms with Gasteiger partial charge < -0.3 is 15.7 Å². The molecular formula is C15H24N2O3S. The Labute approximate surface area is 129 Å². The Hall–Kier alpha value is -1.56. The second-order valence-corrected chi connectivity index (χ2v) is 6.96. The third-order valence-electron chi connectivity index (χ3n) is 3.49. The van der Waals surface area contributed by atoms with Gasteiger partial charge in [0.2, 0.25) is 0 Å². The number of urea groups is 1. The van der Waals surface area contributed by atoms with E-state index in [-0.39, 0.29) is 23.8 Å². The van der Waals surface area contributed by atoms with Crippen molar-refractivity contribution in [2.45, 2.75) is 40.0 Å². The van der Waals surface area contributed by atoms with Crippen LogP contribution in [0.1, 0.15) is 40.0 Å². The van der Waals surface area contributed by atoms with E-state index < -0.39 is 5.97 Å². The number of nitrogens with one attached hydrogen (secondary N) is 2. The van der Waals surface area contributed by atoms with E-state index in [1.54, 1.807) is 0 Å². The minimum atomic E-state index is -0.771. The van der Waals surface area contributed by atoms with Crippen LogP contribution in [0.3, 0.4) is 0 Å². The molecule has 0 saturated carbocycles. The normalized spacial score (nSPS) is 12.7. The lowest BCUT2D eigenvalue weighted by molar-refractivity contribution is -0.137. The molecule has 0 aliphatic rings. The first-order valence-electron chi connectivity index (χ1n) is 7.08. The molecule has 21 heavy (non-hydrogen) atoms. The first-order chi connectivity index (χ1) is 9.79. The number of thiophene rings is 1. The van der Waals surface area contributed by atoms with Crippen LogP contribution in [0, 0.1) is 11.3 Å². The summed E-state index contributed by atoms with van der Waals surface area (Å²) in [4.78, 5) is 22.4. The molecule has 1 unspecified atom stereocenters. The molecule has 3 N–H and O–H groups in total. The zero-order valence-electron chi connectivity index (χ0n) is 12.8. The summed E-state index contributed by atoms with van der Waals surface area (Å²) >= 11 is 1.52. The molecular weight excluding hydrogens is 288 g/mol. The van der Waals surface area contributed by atoms with Gasteiger partial charge in [0.1, 0.15) is 0 Å². The van der Waals surface area contributed by atoms with Crippen LogP contribution in [-0.4, -0.2) is 23.7 Å². The molecule has 0 radical (unpaired) electrons. The molecule has 1 aromatic heterocycles. The van der Waals surface area contributed by atoms with Gasteiger partial charge in [-0.2, -0.15) is 11.3 Å². The van der Waals surface area contributed by atoms with Crippen LogP contribution >= 0.6 is 11.3 Å². The van der Waals surface area contributed by atoms with Gasteiger partial charge in [-0.05, 0) is 35.6 Å². The fourth-order valence-electron chi connectivity index (χ4n) is 2.18. The molecule has 1 heterocycles. The Morgan fingerprint density at radius 1 is 1.33 bits per heavy atom. The largest absolute Gasteiger partial charge is 0.481 e. The van der Waals surface area contributed by atoms with Crippen molar-refractivity contribution >= 4 is 29.0 Å². The van der Waals surface area contributed by atoms with Crippen molar-refractivity contribution in [3.05, 3.63) is 16.8 Å². The molecule has 0 spiro atoms. The number of hydrogen-bond donors (Lipinski definition) is 3. The van der Waals surface area contributed by atoms with Crippen LogP contribution in [0.15, 0.2) is 16.8 Å². The van der Waals surface area contributed by atoms with Crippen LogP contribution in [0.4, 0.5) is 10.5 Å². The highest BCUT2D eigenvalue weighted by Crippen LogP contribution is 2.32. The zero-order chi connectivity index (χ0) is 15.9. The van der Waals surface area contributed by atoms with Crippen LogP contribution in [0.2, 0.25) is 0 Å². The van der Waals surface area contributed by atoms with Gasteiger partial charge >= 0.3 is 12.0 Å². The number of hydrogen-bond acceptors (Lipinski definition) is 3. The second kappa shape index (κ2) is 8.02. The van der Waals surface area contributed by atoms with E-state index in [4.69, 9.17) is 5.11 Å². The van der Waals surface area contributed by atoms with Gasteiger partial charge in [0.25, 0.3) is 0 Å². The maximum atomic E-state index is 11.7. The van der Waals surface area contributed by atoms with Crippen molar-refractivity contribution in [2.75, 3.05) is 11.9 Å². The van der Waals surface area contributed by atoms with E-state index in [0.717, 1.165) is 12.1 Å². The lowest BCUT2D eigenvalue weighted by atomic mass is 9.76. The summed E-state index contributed by atoms with van der Waals surface area (Å²) in [7, 11) is 0. The number of aliphatic carboxylic acids is 1. The van der Waals surface area contributed by atoms with Crippen LogP contribution in [0.25, 0.3) is 0 Å². The average Bonchev–Trinajstić information content (AvgIpc) is 2.84. The van der Waals surface area contributed by atoms with Gasteiger partial charge in [-0.15, -0.1) is 0 Å². The molecule has 0 fully saturated rings. The van der Waals surface area contributed by atoms with Crippen LogP contribution < -0.4 is 10.6 Å². The summed E-state index contributed by atoms with van der Waals surface area (Å²) in [6.45, 7) is 6.85. The third kappa shape index (κ3) is 7.13. The quantitative estimate of drug-likeness (QED) is 0.717. The van der Waals surface area contributed by atoms with Crippen molar-refractivity contribution < 1.29 is 14.7 Å². The third-order valence-corrected chi connectivity index (χ3v) is 4.17. The van der Waals surface area contributed by atoms with Crippen LogP contribution in [0.5, 0.6) is 0 Å². The minimum Gasteiger partial charge on any atom is -0.481 e. The first-order valence-corrected chi connectivity index (χ1v) is 8.02. The van der Waals surface area contributed by atoms with Gasteiger partial charge in [0.15, 0.2) is 0 Å². The lowest BCUT2D eigenvalue weighted by Gasteiger charge is -2.30. The van der Waals surface area contributed by atoms with Gasteiger partial charge in [-0.3, -0.25) is 4.79 Å². The highest BCUT2D eigenvalue weighted by atomic mass is 32.1. The number of carboxylic acids is 1. The van der Waals surface area contributed by atoms with E-state index in [1.165, 1.54) is 11.3 Å². The zero-order valence-corrected chi connectivity index (χ0v) is 13.6. The predicted molar refractivity (Wildman–Crippen MR) is 85.8 cm³/mol. The van der Waals surface area contributed by atoms with E-state index in [0.29, 0.717) is 13.0 Å². The Morgan fingerprint density at radius 2 is 2.05 bits per heavy atom. The summed E-state index contributed by atoms with van der Waals surface area (Å²) < 4.78 is 0. The van der Waals surface area contributed by atoms with Crippen molar-refractivity contribution in [3.63, 3.8) is 0 Å². The number of carbonyl (C=O) groups is 2. The molecule has 1 rings (SSSR count). The van der Waals surface area contributed by atoms with Crippen molar-refractivity contribution in [3.8, 4) is 0 Å². The molecule has 1 aromatic rings. The fourth-order valence-corrected chi connectivity index (χ4v) is 2.77. The molecule has 0 saturated heterocycles. The molecule has 0 aliphatic carbocycles. The highest BCUT2D eigenvalue weighted by molar-refractivity contribution is 7.08. The fraction of sp³-hybridized carbons (Fsp3) is 0.600. The topological polar surface area (TPSA) is 78.4 Å². The van der Waals surface area contributed by atoms with Gasteiger partial charge in [0, 0.05) is 18.3 Å². The Balaban J connectivity index is 2.35. The van der Waals surface area contributed by atoms with Crippen molar-refractivity contribution in [1.82, 2.24) is 5.32 Å². The summed E-state index contributed by atoms with van der Waals surface area (Å²) in [6.07, 6.45) is 1.57. The van der Waals surface area contributed by atoms with Crippen molar-refractivity contribution in [1.29, 1.82) is 0 Å². The monoisotopic (exact) mass is 312 g/mol. The molecule has 0 bridgehead atoms. The first kappa shape index (κ1) is 17.5. The second-order valence-electron chi connectivity index (χ2n) is 6.18. The van der Waals surface area contributed by atoms with Crippen molar-refractivity contribution in [2.24, 2.45) is 11.3 Å². The summed E-state index contributed by atoms with van der Waals surface area (Å²) in [5.74, 6) is -0.512. The SMILES string of the molecule is CC(C)(C)C(CCNC(=O)Nc1ccsc1)CCC(=O)O. The Kier molecular flexibility index (Phi) is 6.68.